The van der Waals surface area contributed by atoms with Crippen LogP contribution in [0.25, 0.3) is 10.9 Å². The Kier molecular flexibility index (Phi) is 4.83. The fraction of sp³-hybridized carbons (Fsp3) is 0.500. The third-order valence-electron chi connectivity index (χ3n) is 4.68. The summed E-state index contributed by atoms with van der Waals surface area (Å²) < 4.78 is 5.40. The standard InChI is InChI=1S/C18H23N3O3/c1-3-13-8-6-7-11-21(13)17(22)12(2)24-18(23)16-14-9-4-5-10-15(14)19-20-16/h4-5,9-10,12-13H,3,6-8,11H2,1-2H3,(H,19,20). The van der Waals surface area contributed by atoms with Crippen molar-refractivity contribution in [3.05, 3.63) is 30.0 Å². The maximum Gasteiger partial charge on any atom is 0.360 e. The predicted molar refractivity (Wildman–Crippen MR) is 90.6 cm³/mol. The van der Waals surface area contributed by atoms with Gasteiger partial charge in [-0.15, -0.1) is 0 Å². The normalized spacial score (nSPS) is 19.2. The molecule has 2 unspecified atom stereocenters. The number of carbonyl (C=O) groups is 2. The average molecular weight is 329 g/mol. The summed E-state index contributed by atoms with van der Waals surface area (Å²) in [6.45, 7) is 4.46. The molecule has 0 saturated carbocycles. The summed E-state index contributed by atoms with van der Waals surface area (Å²) >= 11 is 0. The maximum absolute atomic E-state index is 12.7. The summed E-state index contributed by atoms with van der Waals surface area (Å²) in [6.07, 6.45) is 3.30. The van der Waals surface area contributed by atoms with Gasteiger partial charge in [-0.1, -0.05) is 25.1 Å². The lowest BCUT2D eigenvalue weighted by Crippen LogP contribution is -2.48. The van der Waals surface area contributed by atoms with E-state index in [-0.39, 0.29) is 17.6 Å². The molecule has 6 nitrogen and oxygen atoms in total. The van der Waals surface area contributed by atoms with Gasteiger partial charge in [0.05, 0.1) is 5.52 Å². The molecule has 3 rings (SSSR count). The van der Waals surface area contributed by atoms with E-state index in [1.165, 1.54) is 0 Å². The Hall–Kier alpha value is -2.37. The van der Waals surface area contributed by atoms with Gasteiger partial charge in [0.2, 0.25) is 0 Å². The number of benzene rings is 1. The highest BCUT2D eigenvalue weighted by Gasteiger charge is 2.31. The van der Waals surface area contributed by atoms with Crippen molar-refractivity contribution in [3.8, 4) is 0 Å². The number of nitrogens with one attached hydrogen (secondary N) is 1. The summed E-state index contributed by atoms with van der Waals surface area (Å²) in [5.74, 6) is -0.687. The molecule has 1 saturated heterocycles. The number of para-hydroxylation sites is 1. The zero-order valence-corrected chi connectivity index (χ0v) is 14.1. The molecule has 6 heteroatoms. The lowest BCUT2D eigenvalue weighted by molar-refractivity contribution is -0.143. The van der Waals surface area contributed by atoms with Gasteiger partial charge < -0.3 is 9.64 Å². The molecule has 24 heavy (non-hydrogen) atoms. The molecule has 1 aromatic carbocycles. The molecule has 2 atom stereocenters. The Morgan fingerprint density at radius 1 is 1.38 bits per heavy atom. The van der Waals surface area contributed by atoms with E-state index in [4.69, 9.17) is 4.74 Å². The first-order valence-corrected chi connectivity index (χ1v) is 8.56. The number of piperidine rings is 1. The molecule has 0 radical (unpaired) electrons. The monoisotopic (exact) mass is 329 g/mol. The number of hydrogen-bond acceptors (Lipinski definition) is 4. The molecule has 1 N–H and O–H groups in total. The molecule has 1 fully saturated rings. The highest BCUT2D eigenvalue weighted by Crippen LogP contribution is 2.22. The number of ether oxygens (including phenoxy) is 1. The quantitative estimate of drug-likeness (QED) is 0.875. The molecule has 1 aromatic heterocycles. The number of aromatic nitrogens is 2. The van der Waals surface area contributed by atoms with Crippen LogP contribution in [-0.4, -0.2) is 45.7 Å². The summed E-state index contributed by atoms with van der Waals surface area (Å²) in [6, 6.07) is 7.59. The smallest absolute Gasteiger partial charge is 0.360 e. The lowest BCUT2D eigenvalue weighted by Gasteiger charge is -2.36. The number of carbonyl (C=O) groups excluding carboxylic acids is 2. The molecular weight excluding hydrogens is 306 g/mol. The van der Waals surface area contributed by atoms with Gasteiger partial charge in [-0.3, -0.25) is 9.89 Å². The Morgan fingerprint density at radius 3 is 2.96 bits per heavy atom. The van der Waals surface area contributed by atoms with Crippen molar-refractivity contribution in [3.63, 3.8) is 0 Å². The summed E-state index contributed by atoms with van der Waals surface area (Å²) in [4.78, 5) is 26.9. The van der Waals surface area contributed by atoms with Crippen LogP contribution >= 0.6 is 0 Å². The first-order chi connectivity index (χ1) is 11.6. The largest absolute Gasteiger partial charge is 0.448 e. The van der Waals surface area contributed by atoms with Crippen molar-refractivity contribution in [2.45, 2.75) is 51.7 Å². The minimum atomic E-state index is -0.805. The number of fused-ring (bicyclic) bond motifs is 1. The van der Waals surface area contributed by atoms with Crippen LogP contribution in [0.3, 0.4) is 0 Å². The second-order valence-corrected chi connectivity index (χ2v) is 6.25. The third kappa shape index (κ3) is 3.13. The van der Waals surface area contributed by atoms with Gasteiger partial charge in [-0.25, -0.2) is 4.79 Å². The van der Waals surface area contributed by atoms with E-state index in [1.807, 2.05) is 23.1 Å². The molecule has 0 spiro atoms. The number of rotatable bonds is 4. The van der Waals surface area contributed by atoms with Crippen LogP contribution in [-0.2, 0) is 9.53 Å². The second-order valence-electron chi connectivity index (χ2n) is 6.25. The molecule has 0 aliphatic carbocycles. The van der Waals surface area contributed by atoms with Crippen molar-refractivity contribution in [2.75, 3.05) is 6.54 Å². The van der Waals surface area contributed by atoms with E-state index >= 15 is 0 Å². The molecule has 2 aromatic rings. The Bertz CT molecular complexity index is 740. The number of nitrogens with zero attached hydrogens (tertiary/aromatic N) is 2. The van der Waals surface area contributed by atoms with Gasteiger partial charge in [0, 0.05) is 18.0 Å². The number of aromatic amines is 1. The van der Waals surface area contributed by atoms with E-state index in [0.717, 1.165) is 37.7 Å². The Balaban J connectivity index is 1.70. The van der Waals surface area contributed by atoms with Crippen LogP contribution < -0.4 is 0 Å². The number of H-pyrrole nitrogens is 1. The van der Waals surface area contributed by atoms with Gasteiger partial charge in [0.1, 0.15) is 0 Å². The molecule has 2 heterocycles. The van der Waals surface area contributed by atoms with Crippen LogP contribution in [0.5, 0.6) is 0 Å². The van der Waals surface area contributed by atoms with E-state index in [1.54, 1.807) is 13.0 Å². The summed E-state index contributed by atoms with van der Waals surface area (Å²) in [5, 5.41) is 7.53. The van der Waals surface area contributed by atoms with Crippen LogP contribution in [0, 0.1) is 0 Å². The van der Waals surface area contributed by atoms with Crippen LogP contribution in [0.1, 0.15) is 50.0 Å². The number of likely N-dealkylation sites (tertiary alicyclic amines) is 1. The SMILES string of the molecule is CCC1CCCCN1C(=O)C(C)OC(=O)c1n[nH]c2ccccc12. The van der Waals surface area contributed by atoms with Gasteiger partial charge in [0.15, 0.2) is 11.8 Å². The minimum absolute atomic E-state index is 0.116. The van der Waals surface area contributed by atoms with Crippen LogP contribution in [0.2, 0.25) is 0 Å². The Morgan fingerprint density at radius 2 is 2.17 bits per heavy atom. The number of amides is 1. The number of hydrogen-bond donors (Lipinski definition) is 1. The maximum atomic E-state index is 12.7. The molecule has 1 amide bonds. The minimum Gasteiger partial charge on any atom is -0.448 e. The van der Waals surface area contributed by atoms with E-state index in [9.17, 15) is 9.59 Å². The van der Waals surface area contributed by atoms with E-state index in [2.05, 4.69) is 17.1 Å². The van der Waals surface area contributed by atoms with Gasteiger partial charge in [-0.05, 0) is 38.7 Å². The lowest BCUT2D eigenvalue weighted by atomic mass is 9.99. The van der Waals surface area contributed by atoms with E-state index in [0.29, 0.717) is 5.39 Å². The van der Waals surface area contributed by atoms with E-state index < -0.39 is 12.1 Å². The summed E-state index contributed by atoms with van der Waals surface area (Å²) in [5.41, 5.74) is 0.987. The van der Waals surface area contributed by atoms with Crippen molar-refractivity contribution < 1.29 is 14.3 Å². The van der Waals surface area contributed by atoms with Crippen LogP contribution in [0.4, 0.5) is 0 Å². The van der Waals surface area contributed by atoms with Crippen molar-refractivity contribution in [1.29, 1.82) is 0 Å². The van der Waals surface area contributed by atoms with Gasteiger partial charge in [-0.2, -0.15) is 5.10 Å². The Labute approximate surface area is 141 Å². The predicted octanol–water partition coefficient (Wildman–Crippen LogP) is 2.90. The second kappa shape index (κ2) is 7.03. The molecule has 1 aliphatic heterocycles. The molecule has 1 aliphatic rings. The highest BCUT2D eigenvalue weighted by molar-refractivity contribution is 6.02. The van der Waals surface area contributed by atoms with Crippen molar-refractivity contribution in [2.24, 2.45) is 0 Å². The van der Waals surface area contributed by atoms with Gasteiger partial charge in [0.25, 0.3) is 5.91 Å². The molecule has 128 valence electrons. The topological polar surface area (TPSA) is 75.3 Å². The molecule has 0 bridgehead atoms. The summed E-state index contributed by atoms with van der Waals surface area (Å²) in [7, 11) is 0. The highest BCUT2D eigenvalue weighted by atomic mass is 16.5. The average Bonchev–Trinajstić information content (AvgIpc) is 3.05. The zero-order chi connectivity index (χ0) is 17.1. The zero-order valence-electron chi connectivity index (χ0n) is 14.1. The fourth-order valence-corrected chi connectivity index (χ4v) is 3.33. The number of esters is 1. The van der Waals surface area contributed by atoms with Crippen molar-refractivity contribution in [1.82, 2.24) is 15.1 Å². The molecular formula is C18H23N3O3. The van der Waals surface area contributed by atoms with Crippen LogP contribution in [0.15, 0.2) is 24.3 Å². The first kappa shape index (κ1) is 16.5. The first-order valence-electron chi connectivity index (χ1n) is 8.56. The van der Waals surface area contributed by atoms with Gasteiger partial charge >= 0.3 is 5.97 Å². The fourth-order valence-electron chi connectivity index (χ4n) is 3.33. The van der Waals surface area contributed by atoms with Crippen molar-refractivity contribution >= 4 is 22.8 Å². The third-order valence-corrected chi connectivity index (χ3v) is 4.68.